The lowest BCUT2D eigenvalue weighted by Crippen LogP contribution is -2.47. The van der Waals surface area contributed by atoms with Gasteiger partial charge in [-0.2, -0.15) is 0 Å². The number of nitrogens with one attached hydrogen (secondary N) is 1. The van der Waals surface area contributed by atoms with Gasteiger partial charge in [0, 0.05) is 22.6 Å². The Morgan fingerprint density at radius 3 is 2.69 bits per heavy atom. The number of H-pyrrole nitrogens is 1. The number of carbonyl (C=O) groups is 1. The Labute approximate surface area is 157 Å². The summed E-state index contributed by atoms with van der Waals surface area (Å²) in [7, 11) is 0. The van der Waals surface area contributed by atoms with E-state index in [1.54, 1.807) is 0 Å². The van der Waals surface area contributed by atoms with Crippen molar-refractivity contribution in [3.63, 3.8) is 0 Å². The van der Waals surface area contributed by atoms with E-state index < -0.39 is 0 Å². The number of terminal acetylenes is 1. The topological polar surface area (TPSA) is 36.1 Å². The van der Waals surface area contributed by atoms with Gasteiger partial charge in [0.15, 0.2) is 0 Å². The van der Waals surface area contributed by atoms with E-state index in [4.69, 9.17) is 6.42 Å². The second-order valence-electron chi connectivity index (χ2n) is 7.43. The molecule has 26 heavy (non-hydrogen) atoms. The van der Waals surface area contributed by atoms with Crippen molar-refractivity contribution in [2.75, 3.05) is 0 Å². The lowest BCUT2D eigenvalue weighted by molar-refractivity contribution is -0.131. The Bertz CT molecular complexity index is 798. The van der Waals surface area contributed by atoms with Gasteiger partial charge in [-0.25, -0.2) is 0 Å². The van der Waals surface area contributed by atoms with Gasteiger partial charge < -0.3 is 9.88 Å². The quantitative estimate of drug-likeness (QED) is 0.529. The van der Waals surface area contributed by atoms with E-state index in [1.807, 2.05) is 4.90 Å². The molecular formula is C23H30N2O. The van der Waals surface area contributed by atoms with Crippen LogP contribution < -0.4 is 0 Å². The Morgan fingerprint density at radius 2 is 1.96 bits per heavy atom. The molecule has 1 N–H and O–H groups in total. The maximum atomic E-state index is 12.7. The third kappa shape index (κ3) is 3.51. The summed E-state index contributed by atoms with van der Waals surface area (Å²) in [5.41, 5.74) is 3.77. The maximum Gasteiger partial charge on any atom is 0.299 e. The van der Waals surface area contributed by atoms with Gasteiger partial charge in [-0.15, -0.1) is 6.42 Å². The fourth-order valence-electron chi connectivity index (χ4n) is 4.39. The molecule has 1 aliphatic rings. The third-order valence-electron chi connectivity index (χ3n) is 5.68. The van der Waals surface area contributed by atoms with Gasteiger partial charge in [0.25, 0.3) is 5.91 Å². The zero-order valence-electron chi connectivity index (χ0n) is 16.1. The van der Waals surface area contributed by atoms with Gasteiger partial charge in [0.1, 0.15) is 0 Å². The second kappa shape index (κ2) is 8.45. The van der Waals surface area contributed by atoms with Crippen molar-refractivity contribution >= 4 is 16.8 Å². The van der Waals surface area contributed by atoms with Crippen LogP contribution in [0.2, 0.25) is 0 Å². The van der Waals surface area contributed by atoms with Gasteiger partial charge in [-0.05, 0) is 36.8 Å². The van der Waals surface area contributed by atoms with Crippen LogP contribution in [0.15, 0.2) is 24.3 Å². The summed E-state index contributed by atoms with van der Waals surface area (Å²) in [5.74, 6) is 2.24. The average Bonchev–Trinajstić information content (AvgIpc) is 3.04. The molecule has 2 heterocycles. The minimum Gasteiger partial charge on any atom is -0.356 e. The molecule has 3 nitrogen and oxygen atoms in total. The first-order valence-corrected chi connectivity index (χ1v) is 10.1. The largest absolute Gasteiger partial charge is 0.356 e. The van der Waals surface area contributed by atoms with Gasteiger partial charge in [-0.1, -0.05) is 64.2 Å². The highest BCUT2D eigenvalue weighted by atomic mass is 16.2. The van der Waals surface area contributed by atoms with Gasteiger partial charge >= 0.3 is 0 Å². The summed E-state index contributed by atoms with van der Waals surface area (Å²) in [4.78, 5) is 18.3. The molecule has 2 atom stereocenters. The molecule has 0 fully saturated rings. The van der Waals surface area contributed by atoms with E-state index in [0.717, 1.165) is 38.5 Å². The molecule has 0 saturated carbocycles. The number of hydrogen-bond acceptors (Lipinski definition) is 1. The predicted octanol–water partition coefficient (Wildman–Crippen LogP) is 5.37. The van der Waals surface area contributed by atoms with Crippen molar-refractivity contribution in [1.82, 2.24) is 9.88 Å². The Kier molecular flexibility index (Phi) is 6.04. The number of unbranched alkanes of at least 4 members (excludes halogenated alkanes) is 3. The van der Waals surface area contributed by atoms with Crippen LogP contribution in [0.25, 0.3) is 10.9 Å². The molecule has 1 aromatic heterocycles. The van der Waals surface area contributed by atoms with Crippen molar-refractivity contribution in [3.05, 3.63) is 35.5 Å². The van der Waals surface area contributed by atoms with Crippen molar-refractivity contribution in [2.24, 2.45) is 0 Å². The number of aromatic amines is 1. The van der Waals surface area contributed by atoms with Crippen LogP contribution in [0.4, 0.5) is 0 Å². The molecule has 0 unspecified atom stereocenters. The highest BCUT2D eigenvalue weighted by Gasteiger charge is 2.38. The van der Waals surface area contributed by atoms with Crippen LogP contribution in [0, 0.1) is 12.3 Å². The molecule has 0 bridgehead atoms. The summed E-state index contributed by atoms with van der Waals surface area (Å²) >= 11 is 0. The predicted molar refractivity (Wildman–Crippen MR) is 108 cm³/mol. The number of para-hydroxylation sites is 1. The van der Waals surface area contributed by atoms with Crippen molar-refractivity contribution < 1.29 is 4.79 Å². The third-order valence-corrected chi connectivity index (χ3v) is 5.68. The van der Waals surface area contributed by atoms with Crippen LogP contribution in [0.5, 0.6) is 0 Å². The number of nitrogens with zero attached hydrogens (tertiary/aromatic N) is 1. The molecule has 0 spiro atoms. The van der Waals surface area contributed by atoms with E-state index >= 15 is 0 Å². The van der Waals surface area contributed by atoms with E-state index in [-0.39, 0.29) is 18.0 Å². The van der Waals surface area contributed by atoms with Gasteiger partial charge in [0.05, 0.1) is 6.04 Å². The normalized spacial score (nSPS) is 19.3. The zero-order valence-corrected chi connectivity index (χ0v) is 16.1. The first-order valence-electron chi connectivity index (χ1n) is 10.1. The summed E-state index contributed by atoms with van der Waals surface area (Å²) < 4.78 is 0. The highest BCUT2D eigenvalue weighted by Crippen LogP contribution is 2.40. The van der Waals surface area contributed by atoms with E-state index in [2.05, 4.69) is 49.0 Å². The highest BCUT2D eigenvalue weighted by molar-refractivity contribution is 5.94. The van der Waals surface area contributed by atoms with E-state index in [0.29, 0.717) is 0 Å². The summed E-state index contributed by atoms with van der Waals surface area (Å²) in [5, 5.41) is 1.30. The molecule has 0 saturated heterocycles. The standard InChI is InChI=1S/C23H30N2O/c1-4-7-9-15-21-23-19(18-13-10-11-14-20(18)24-23)16-17(12-8-5-2)25(21)22(26)6-3/h3,10-11,13-14,17,21,24H,4-5,7-9,12,15-16H2,1-2H3/t17-,21-/m0/s1. The van der Waals surface area contributed by atoms with Crippen molar-refractivity contribution in [3.8, 4) is 12.3 Å². The van der Waals surface area contributed by atoms with Crippen LogP contribution in [0.1, 0.15) is 76.1 Å². The molecule has 0 radical (unpaired) electrons. The number of aromatic nitrogens is 1. The number of amides is 1. The minimum atomic E-state index is -0.156. The molecular weight excluding hydrogens is 320 g/mol. The molecule has 1 aliphatic heterocycles. The number of hydrogen-bond donors (Lipinski definition) is 1. The number of carbonyl (C=O) groups excluding carboxylic acids is 1. The first kappa shape index (κ1) is 18.6. The molecule has 138 valence electrons. The number of rotatable bonds is 7. The molecule has 1 amide bonds. The summed E-state index contributed by atoms with van der Waals surface area (Å²) in [6, 6.07) is 8.77. The summed E-state index contributed by atoms with van der Waals surface area (Å²) in [6.45, 7) is 4.41. The van der Waals surface area contributed by atoms with Gasteiger partial charge in [0.2, 0.25) is 0 Å². The zero-order chi connectivity index (χ0) is 18.5. The lowest BCUT2D eigenvalue weighted by atomic mass is 9.87. The van der Waals surface area contributed by atoms with Crippen molar-refractivity contribution in [2.45, 2.75) is 77.3 Å². The molecule has 3 rings (SSSR count). The second-order valence-corrected chi connectivity index (χ2v) is 7.43. The van der Waals surface area contributed by atoms with Crippen LogP contribution in [-0.2, 0) is 11.2 Å². The van der Waals surface area contributed by atoms with Crippen LogP contribution in [0.3, 0.4) is 0 Å². The number of fused-ring (bicyclic) bond motifs is 3. The van der Waals surface area contributed by atoms with Crippen LogP contribution in [-0.4, -0.2) is 21.8 Å². The van der Waals surface area contributed by atoms with E-state index in [1.165, 1.54) is 35.0 Å². The maximum absolute atomic E-state index is 12.7. The fraction of sp³-hybridized carbons (Fsp3) is 0.522. The smallest absolute Gasteiger partial charge is 0.299 e. The molecule has 2 aromatic rings. The Balaban J connectivity index is 2.05. The molecule has 0 aliphatic carbocycles. The lowest BCUT2D eigenvalue weighted by Gasteiger charge is -2.41. The fourth-order valence-corrected chi connectivity index (χ4v) is 4.39. The van der Waals surface area contributed by atoms with Crippen molar-refractivity contribution in [1.29, 1.82) is 0 Å². The monoisotopic (exact) mass is 350 g/mol. The van der Waals surface area contributed by atoms with E-state index in [9.17, 15) is 4.79 Å². The summed E-state index contributed by atoms with van der Waals surface area (Å²) in [6.07, 6.45) is 14.2. The molecule has 1 aromatic carbocycles. The van der Waals surface area contributed by atoms with Gasteiger partial charge in [-0.3, -0.25) is 4.79 Å². The average molecular weight is 351 g/mol. The SMILES string of the molecule is C#CC(=O)N1[C@@H](CCCC)Cc2c([nH]c3ccccc23)[C@@H]1CCCCC. The Hall–Kier alpha value is -2.21. The minimum absolute atomic E-state index is 0.0723. The number of benzene rings is 1. The Morgan fingerprint density at radius 1 is 1.19 bits per heavy atom. The van der Waals surface area contributed by atoms with Crippen LogP contribution >= 0.6 is 0 Å². The molecule has 3 heteroatoms. The first-order chi connectivity index (χ1) is 12.7.